The lowest BCUT2D eigenvalue weighted by atomic mass is 10.2. The number of nitrogens with zero attached hydrogens (tertiary/aromatic N) is 1. The molecule has 0 saturated carbocycles. The third kappa shape index (κ3) is 1.56. The third-order valence-corrected chi connectivity index (χ3v) is 1.20. The van der Waals surface area contributed by atoms with Crippen LogP contribution in [0.25, 0.3) is 0 Å². The molecule has 1 aromatic rings. The maximum absolute atomic E-state index is 10.1. The van der Waals surface area contributed by atoms with Crippen molar-refractivity contribution in [3.63, 3.8) is 0 Å². The van der Waals surface area contributed by atoms with Crippen molar-refractivity contribution in [1.29, 1.82) is 0 Å². The Labute approximate surface area is 62.6 Å². The zero-order valence-electron chi connectivity index (χ0n) is 5.48. The number of hydrogen-bond donors (Lipinski definition) is 0. The number of benzene rings is 1. The van der Waals surface area contributed by atoms with Crippen molar-refractivity contribution in [2.75, 3.05) is 0 Å². The molecule has 0 unspecified atom stereocenters. The summed E-state index contributed by atoms with van der Waals surface area (Å²) in [5.74, 6) is 0. The minimum Gasteiger partial charge on any atom is -0.258 e. The molecule has 1 aromatic carbocycles. The summed E-state index contributed by atoms with van der Waals surface area (Å²) in [7, 11) is 0. The molecule has 0 radical (unpaired) electrons. The Bertz CT molecular complexity index is 278. The minimum atomic E-state index is -0.519. The summed E-state index contributed by atoms with van der Waals surface area (Å²) >= 11 is 0. The maximum atomic E-state index is 10.1. The van der Waals surface area contributed by atoms with Crippen molar-refractivity contribution < 1.29 is 9.72 Å². The molecule has 0 atom stereocenters. The van der Waals surface area contributed by atoms with Crippen LogP contribution in [0.1, 0.15) is 5.56 Å². The highest BCUT2D eigenvalue weighted by molar-refractivity contribution is 5.75. The van der Waals surface area contributed by atoms with Crippen molar-refractivity contribution in [3.05, 3.63) is 39.9 Å². The fraction of sp³-hybridized carbons (Fsp3) is 0. The number of carbonyl (C=O) groups excluding carboxylic acids is 1. The molecule has 0 aliphatic rings. The molecule has 4 nitrogen and oxygen atoms in total. The van der Waals surface area contributed by atoms with Crippen LogP contribution in [0.3, 0.4) is 0 Å². The second-order valence-electron chi connectivity index (χ2n) is 1.91. The van der Waals surface area contributed by atoms with Crippen LogP contribution in [0.4, 0.5) is 5.69 Å². The third-order valence-electron chi connectivity index (χ3n) is 1.20. The van der Waals surface area contributed by atoms with Gasteiger partial charge in [0.2, 0.25) is 5.56 Å². The number of rotatable bonds is 2. The molecule has 54 valence electrons. The second kappa shape index (κ2) is 2.86. The van der Waals surface area contributed by atoms with Crippen LogP contribution in [0.5, 0.6) is 0 Å². The van der Waals surface area contributed by atoms with Gasteiger partial charge in [-0.05, 0) is 0 Å². The predicted molar refractivity (Wildman–Crippen MR) is 37.9 cm³/mol. The average molecular weight is 150 g/mol. The molecule has 0 spiro atoms. The van der Waals surface area contributed by atoms with Gasteiger partial charge < -0.3 is 0 Å². The molecule has 0 aromatic heterocycles. The van der Waals surface area contributed by atoms with Gasteiger partial charge in [0.15, 0.2) is 0 Å². The molecule has 0 aliphatic carbocycles. The van der Waals surface area contributed by atoms with Gasteiger partial charge in [-0.15, -0.1) is 4.79 Å². The molecule has 0 aliphatic heterocycles. The van der Waals surface area contributed by atoms with Gasteiger partial charge in [-0.1, -0.05) is 0 Å². The van der Waals surface area contributed by atoms with Crippen LogP contribution in [-0.2, 0) is 4.79 Å². The van der Waals surface area contributed by atoms with Gasteiger partial charge in [-0.25, -0.2) is 0 Å². The summed E-state index contributed by atoms with van der Waals surface area (Å²) in [4.78, 5) is 19.6. The van der Waals surface area contributed by atoms with Crippen molar-refractivity contribution in [3.8, 4) is 0 Å². The van der Waals surface area contributed by atoms with Gasteiger partial charge in [-0.3, -0.25) is 10.1 Å². The Morgan fingerprint density at radius 1 is 1.27 bits per heavy atom. The molecule has 1 rings (SSSR count). The first-order valence-corrected chi connectivity index (χ1v) is 2.86. The van der Waals surface area contributed by atoms with E-state index in [4.69, 9.17) is 0 Å². The van der Waals surface area contributed by atoms with Crippen molar-refractivity contribution in [2.24, 2.45) is 0 Å². The van der Waals surface area contributed by atoms with E-state index < -0.39 is 4.92 Å². The van der Waals surface area contributed by atoms with Gasteiger partial charge in [-0.2, -0.15) is 0 Å². The van der Waals surface area contributed by atoms with E-state index in [2.05, 4.69) is 0 Å². The summed E-state index contributed by atoms with van der Waals surface area (Å²) in [6.07, 6.45) is 1.62. The van der Waals surface area contributed by atoms with Crippen LogP contribution < -0.4 is 0 Å². The summed E-state index contributed by atoms with van der Waals surface area (Å²) < 4.78 is 0. The van der Waals surface area contributed by atoms with Crippen molar-refractivity contribution in [1.82, 2.24) is 0 Å². The second-order valence-corrected chi connectivity index (χ2v) is 1.91. The monoisotopic (exact) mass is 150 g/mol. The van der Waals surface area contributed by atoms with Crippen LogP contribution in [0.2, 0.25) is 0 Å². The van der Waals surface area contributed by atoms with E-state index in [1.807, 2.05) is 0 Å². The number of nitro benzene ring substituents is 1. The van der Waals surface area contributed by atoms with Gasteiger partial charge in [0.05, 0.1) is 29.2 Å². The first kappa shape index (κ1) is 7.31. The largest absolute Gasteiger partial charge is 0.303 e. The van der Waals surface area contributed by atoms with E-state index in [1.54, 1.807) is 6.29 Å². The lowest BCUT2D eigenvalue weighted by Gasteiger charge is -1.83. The Morgan fingerprint density at radius 3 is 2.18 bits per heavy atom. The first-order valence-electron chi connectivity index (χ1n) is 2.86. The molecular formula is C7H4NO3+. The zero-order valence-corrected chi connectivity index (χ0v) is 5.48. The highest BCUT2D eigenvalue weighted by atomic mass is 16.6. The van der Waals surface area contributed by atoms with Crippen LogP contribution >= 0.6 is 0 Å². The fourth-order valence-corrected chi connectivity index (χ4v) is 0.651. The van der Waals surface area contributed by atoms with Crippen LogP contribution in [0, 0.1) is 10.1 Å². The summed E-state index contributed by atoms with van der Waals surface area (Å²) in [5, 5.41) is 10.1. The lowest BCUT2D eigenvalue weighted by Crippen LogP contribution is -1.87. The number of hydrogen-bond acceptors (Lipinski definition) is 3. The maximum Gasteiger partial charge on any atom is 0.303 e. The predicted octanol–water partition coefficient (Wildman–Crippen LogP) is 1.05. The SMILES string of the molecule is O=[C+]c1ccc([N+](=O)[O-])cc1. The normalized spacial score (nSPS) is 8.73. The van der Waals surface area contributed by atoms with E-state index in [0.29, 0.717) is 5.56 Å². The Morgan fingerprint density at radius 2 is 1.82 bits per heavy atom. The quantitative estimate of drug-likeness (QED) is 0.359. The van der Waals surface area contributed by atoms with Crippen molar-refractivity contribution in [2.45, 2.75) is 0 Å². The molecule has 0 N–H and O–H groups in total. The smallest absolute Gasteiger partial charge is 0.258 e. The van der Waals surface area contributed by atoms with Crippen LogP contribution in [0.15, 0.2) is 24.3 Å². The van der Waals surface area contributed by atoms with E-state index >= 15 is 0 Å². The Balaban J connectivity index is 3.00. The Kier molecular flexibility index (Phi) is 1.90. The minimum absolute atomic E-state index is 0.0241. The molecule has 0 fully saturated rings. The molecule has 11 heavy (non-hydrogen) atoms. The molecule has 4 heteroatoms. The van der Waals surface area contributed by atoms with E-state index in [1.165, 1.54) is 24.3 Å². The average Bonchev–Trinajstić information content (AvgIpc) is 2.05. The van der Waals surface area contributed by atoms with E-state index in [-0.39, 0.29) is 5.69 Å². The lowest BCUT2D eigenvalue weighted by molar-refractivity contribution is -0.384. The van der Waals surface area contributed by atoms with Gasteiger partial charge in [0.25, 0.3) is 5.69 Å². The Hall–Kier alpha value is -1.80. The summed E-state index contributed by atoms with van der Waals surface area (Å²) in [5.41, 5.74) is 0.291. The van der Waals surface area contributed by atoms with Crippen LogP contribution in [-0.4, -0.2) is 11.2 Å². The van der Waals surface area contributed by atoms with E-state index in [0.717, 1.165) is 0 Å². The molecule has 0 heterocycles. The zero-order chi connectivity index (χ0) is 8.27. The summed E-state index contributed by atoms with van der Waals surface area (Å²) in [6, 6.07) is 5.23. The molecule has 0 saturated heterocycles. The van der Waals surface area contributed by atoms with Crippen molar-refractivity contribution >= 4 is 12.0 Å². The highest BCUT2D eigenvalue weighted by Gasteiger charge is 2.08. The first-order chi connectivity index (χ1) is 5.24. The van der Waals surface area contributed by atoms with Gasteiger partial charge in [0.1, 0.15) is 0 Å². The number of nitro groups is 1. The standard InChI is InChI=1S/C7H4NO3/c9-5-6-1-3-7(4-2-6)8(10)11/h1-4H/q+1. The van der Waals surface area contributed by atoms with Gasteiger partial charge >= 0.3 is 6.29 Å². The molecule has 0 bridgehead atoms. The topological polar surface area (TPSA) is 60.2 Å². The number of non-ortho nitro benzene ring substituents is 1. The summed E-state index contributed by atoms with van der Waals surface area (Å²) in [6.45, 7) is 0. The molecular weight excluding hydrogens is 146 g/mol. The van der Waals surface area contributed by atoms with Gasteiger partial charge in [0, 0.05) is 0 Å². The highest BCUT2D eigenvalue weighted by Crippen LogP contribution is 2.09. The molecule has 0 amide bonds. The fourth-order valence-electron chi connectivity index (χ4n) is 0.651. The van der Waals surface area contributed by atoms with E-state index in [9.17, 15) is 14.9 Å².